The SMILES string of the molecule is CS(=O)(=O)N(CC(=O)Nc1ccc(S(=O)(=O)Nc2ccccc2)cc1)c1ccc(F)c(F)c1. The molecule has 0 bridgehead atoms. The van der Waals surface area contributed by atoms with Gasteiger partial charge in [0.2, 0.25) is 15.9 Å². The van der Waals surface area contributed by atoms with Gasteiger partial charge < -0.3 is 5.32 Å². The number of sulfonamides is 2. The number of rotatable bonds is 8. The Morgan fingerprint density at radius 2 is 1.48 bits per heavy atom. The zero-order valence-electron chi connectivity index (χ0n) is 17.2. The Morgan fingerprint density at radius 3 is 2.06 bits per heavy atom. The third-order valence-electron chi connectivity index (χ3n) is 4.35. The van der Waals surface area contributed by atoms with E-state index in [-0.39, 0.29) is 16.3 Å². The van der Waals surface area contributed by atoms with Crippen LogP contribution in [-0.2, 0) is 24.8 Å². The first-order valence-corrected chi connectivity index (χ1v) is 12.7. The number of amides is 1. The molecule has 0 saturated carbocycles. The highest BCUT2D eigenvalue weighted by Gasteiger charge is 2.22. The van der Waals surface area contributed by atoms with Crippen LogP contribution in [0.1, 0.15) is 0 Å². The molecule has 0 unspecified atom stereocenters. The Balaban J connectivity index is 1.72. The molecule has 0 atom stereocenters. The first kappa shape index (κ1) is 24.1. The minimum atomic E-state index is -3.99. The number of halogens is 2. The summed E-state index contributed by atoms with van der Waals surface area (Å²) in [6, 6.07) is 15.9. The zero-order chi connectivity index (χ0) is 24.2. The van der Waals surface area contributed by atoms with Crippen LogP contribution in [-0.4, -0.2) is 35.5 Å². The van der Waals surface area contributed by atoms with Crippen LogP contribution in [0.15, 0.2) is 77.7 Å². The van der Waals surface area contributed by atoms with Crippen molar-refractivity contribution in [3.8, 4) is 0 Å². The predicted molar refractivity (Wildman–Crippen MR) is 121 cm³/mol. The van der Waals surface area contributed by atoms with E-state index in [1.54, 1.807) is 30.3 Å². The molecule has 0 aliphatic rings. The van der Waals surface area contributed by atoms with Gasteiger partial charge in [0.05, 0.1) is 16.8 Å². The van der Waals surface area contributed by atoms with Gasteiger partial charge in [0.1, 0.15) is 6.54 Å². The molecular formula is C21H19F2N3O5S2. The van der Waals surface area contributed by atoms with Crippen molar-refractivity contribution in [2.45, 2.75) is 4.90 Å². The van der Waals surface area contributed by atoms with Crippen LogP contribution in [0.25, 0.3) is 0 Å². The second-order valence-electron chi connectivity index (χ2n) is 6.91. The largest absolute Gasteiger partial charge is 0.325 e. The fourth-order valence-corrected chi connectivity index (χ4v) is 4.72. The minimum Gasteiger partial charge on any atom is -0.325 e. The Labute approximate surface area is 190 Å². The lowest BCUT2D eigenvalue weighted by atomic mass is 10.3. The summed E-state index contributed by atoms with van der Waals surface area (Å²) in [4.78, 5) is 12.4. The summed E-state index contributed by atoms with van der Waals surface area (Å²) in [5.74, 6) is -3.20. The van der Waals surface area contributed by atoms with Crippen LogP contribution < -0.4 is 14.3 Å². The lowest BCUT2D eigenvalue weighted by molar-refractivity contribution is -0.114. The maximum atomic E-state index is 13.5. The molecule has 2 N–H and O–H groups in total. The number of nitrogens with one attached hydrogen (secondary N) is 2. The summed E-state index contributed by atoms with van der Waals surface area (Å²) in [5, 5.41) is 2.44. The number of nitrogens with zero attached hydrogens (tertiary/aromatic N) is 1. The molecule has 1 amide bonds. The number of hydrogen-bond acceptors (Lipinski definition) is 5. The average molecular weight is 496 g/mol. The van der Waals surface area contributed by atoms with Crippen molar-refractivity contribution in [2.24, 2.45) is 0 Å². The van der Waals surface area contributed by atoms with E-state index >= 15 is 0 Å². The van der Waals surface area contributed by atoms with Gasteiger partial charge in [-0.2, -0.15) is 0 Å². The second kappa shape index (κ2) is 9.55. The smallest absolute Gasteiger partial charge is 0.261 e. The van der Waals surface area contributed by atoms with Crippen molar-refractivity contribution in [1.29, 1.82) is 0 Å². The van der Waals surface area contributed by atoms with Crippen molar-refractivity contribution < 1.29 is 30.4 Å². The molecule has 0 radical (unpaired) electrons. The molecule has 33 heavy (non-hydrogen) atoms. The highest BCUT2D eigenvalue weighted by Crippen LogP contribution is 2.21. The van der Waals surface area contributed by atoms with Gasteiger partial charge in [-0.25, -0.2) is 25.6 Å². The topological polar surface area (TPSA) is 113 Å². The second-order valence-corrected chi connectivity index (χ2v) is 10.5. The van der Waals surface area contributed by atoms with E-state index in [2.05, 4.69) is 10.0 Å². The van der Waals surface area contributed by atoms with Crippen molar-refractivity contribution in [2.75, 3.05) is 27.1 Å². The molecule has 0 aliphatic heterocycles. The molecule has 3 rings (SSSR count). The van der Waals surface area contributed by atoms with E-state index in [1.165, 1.54) is 24.3 Å². The number of carbonyl (C=O) groups excluding carboxylic acids is 1. The zero-order valence-corrected chi connectivity index (χ0v) is 18.8. The maximum absolute atomic E-state index is 13.5. The number of benzene rings is 3. The van der Waals surface area contributed by atoms with Crippen LogP contribution in [0, 0.1) is 11.6 Å². The van der Waals surface area contributed by atoms with Gasteiger partial charge in [-0.3, -0.25) is 13.8 Å². The normalized spacial score (nSPS) is 11.6. The third kappa shape index (κ3) is 6.26. The van der Waals surface area contributed by atoms with Gasteiger partial charge in [-0.1, -0.05) is 18.2 Å². The highest BCUT2D eigenvalue weighted by atomic mass is 32.2. The molecule has 0 aliphatic carbocycles. The molecule has 0 saturated heterocycles. The summed E-state index contributed by atoms with van der Waals surface area (Å²) in [5.41, 5.74) is 0.366. The molecule has 3 aromatic carbocycles. The molecule has 3 aromatic rings. The van der Waals surface area contributed by atoms with Gasteiger partial charge in [-0.15, -0.1) is 0 Å². The standard InChI is InChI=1S/C21H19F2N3O5S2/c1-32(28,29)26(17-9-12-19(22)20(23)13-17)14-21(27)24-15-7-10-18(11-8-15)33(30,31)25-16-5-3-2-4-6-16/h2-13,25H,14H2,1H3,(H,24,27). The van der Waals surface area contributed by atoms with Gasteiger partial charge in [0.15, 0.2) is 11.6 Å². The summed E-state index contributed by atoms with van der Waals surface area (Å²) >= 11 is 0. The molecule has 0 fully saturated rings. The van der Waals surface area contributed by atoms with Gasteiger partial charge in [-0.05, 0) is 48.5 Å². The van der Waals surface area contributed by atoms with E-state index in [4.69, 9.17) is 0 Å². The van der Waals surface area contributed by atoms with Crippen LogP contribution in [0.3, 0.4) is 0 Å². The quantitative estimate of drug-likeness (QED) is 0.499. The molecular weight excluding hydrogens is 476 g/mol. The summed E-state index contributed by atoms with van der Waals surface area (Å²) < 4.78 is 78.8. The summed E-state index contributed by atoms with van der Waals surface area (Å²) in [6.45, 7) is -0.709. The molecule has 0 spiro atoms. The first-order valence-electron chi connectivity index (χ1n) is 9.36. The van der Waals surface area contributed by atoms with Crippen molar-refractivity contribution in [1.82, 2.24) is 0 Å². The third-order valence-corrected chi connectivity index (χ3v) is 6.89. The molecule has 0 aromatic heterocycles. The molecule has 174 valence electrons. The lowest BCUT2D eigenvalue weighted by Gasteiger charge is -2.22. The van der Waals surface area contributed by atoms with Crippen LogP contribution in [0.4, 0.5) is 25.8 Å². The average Bonchev–Trinajstić information content (AvgIpc) is 2.74. The van der Waals surface area contributed by atoms with Gasteiger partial charge in [0, 0.05) is 17.4 Å². The Kier molecular flexibility index (Phi) is 6.98. The Hall–Kier alpha value is -3.51. The van der Waals surface area contributed by atoms with Crippen LogP contribution >= 0.6 is 0 Å². The number of hydrogen-bond donors (Lipinski definition) is 2. The summed E-state index contributed by atoms with van der Waals surface area (Å²) in [7, 11) is -7.85. The van der Waals surface area contributed by atoms with Crippen LogP contribution in [0.5, 0.6) is 0 Å². The van der Waals surface area contributed by atoms with Crippen molar-refractivity contribution in [3.05, 3.63) is 84.4 Å². The number of carbonyl (C=O) groups is 1. The minimum absolute atomic E-state index is 0.0519. The lowest BCUT2D eigenvalue weighted by Crippen LogP contribution is -2.37. The summed E-state index contributed by atoms with van der Waals surface area (Å²) in [6.07, 6.45) is 0.820. The molecule has 8 nitrogen and oxygen atoms in total. The first-order chi connectivity index (χ1) is 15.5. The predicted octanol–water partition coefficient (Wildman–Crippen LogP) is 3.17. The maximum Gasteiger partial charge on any atom is 0.261 e. The van der Waals surface area contributed by atoms with Gasteiger partial charge in [0.25, 0.3) is 10.0 Å². The number of anilines is 3. The monoisotopic (exact) mass is 495 g/mol. The number of para-hydroxylation sites is 1. The molecule has 12 heteroatoms. The van der Waals surface area contributed by atoms with E-state index < -0.39 is 44.1 Å². The van der Waals surface area contributed by atoms with Crippen LogP contribution in [0.2, 0.25) is 0 Å². The van der Waals surface area contributed by atoms with Gasteiger partial charge >= 0.3 is 0 Å². The Morgan fingerprint density at radius 1 is 0.848 bits per heavy atom. The Bertz CT molecular complexity index is 1360. The van der Waals surface area contributed by atoms with E-state index in [9.17, 15) is 30.4 Å². The molecule has 0 heterocycles. The van der Waals surface area contributed by atoms with Crippen molar-refractivity contribution >= 4 is 43.0 Å². The highest BCUT2D eigenvalue weighted by molar-refractivity contribution is 7.92. The fraction of sp³-hybridized carbons (Fsp3) is 0.0952. The fourth-order valence-electron chi connectivity index (χ4n) is 2.81. The van der Waals surface area contributed by atoms with E-state index in [0.717, 1.165) is 18.4 Å². The van der Waals surface area contributed by atoms with E-state index in [0.29, 0.717) is 16.1 Å². The van der Waals surface area contributed by atoms with E-state index in [1.807, 2.05) is 0 Å². The van der Waals surface area contributed by atoms with Crippen molar-refractivity contribution in [3.63, 3.8) is 0 Å².